The molecule has 3 rings (SSSR count). The summed E-state index contributed by atoms with van der Waals surface area (Å²) in [7, 11) is 0. The van der Waals surface area contributed by atoms with E-state index in [1.165, 1.54) is 0 Å². The van der Waals surface area contributed by atoms with Gasteiger partial charge in [-0.25, -0.2) is 5.43 Å². The molecule has 0 aliphatic rings. The van der Waals surface area contributed by atoms with Crippen molar-refractivity contribution in [2.24, 2.45) is 5.10 Å². The Morgan fingerprint density at radius 2 is 1.74 bits per heavy atom. The fraction of sp³-hybridized carbons (Fsp3) is 0.167. The van der Waals surface area contributed by atoms with E-state index < -0.39 is 0 Å². The molecule has 1 amide bonds. The molecule has 0 aromatic heterocycles. The van der Waals surface area contributed by atoms with E-state index in [1.54, 1.807) is 6.21 Å². The minimum atomic E-state index is -0.161. The Morgan fingerprint density at radius 1 is 1.06 bits per heavy atom. The molecule has 31 heavy (non-hydrogen) atoms. The standard InChI is InChI=1S/C24H21Br2ClN2O2/c1-15-3-4-16(2)19(9-15)12-23(30)29-28-13-18-10-21(25)24(22(26)11-18)31-14-17-5-7-20(27)8-6-17/h3-11,13H,12,14H2,1-2H3,(H,29,30)/b28-13+. The van der Waals surface area contributed by atoms with Crippen LogP contribution in [0, 0.1) is 13.8 Å². The van der Waals surface area contributed by atoms with Gasteiger partial charge in [0.05, 0.1) is 21.6 Å². The van der Waals surface area contributed by atoms with Gasteiger partial charge in [0.1, 0.15) is 12.4 Å². The average Bonchev–Trinajstić information content (AvgIpc) is 2.71. The lowest BCUT2D eigenvalue weighted by Gasteiger charge is -2.11. The number of halogens is 3. The average molecular weight is 565 g/mol. The van der Waals surface area contributed by atoms with Crippen LogP contribution in [0.1, 0.15) is 27.8 Å². The Balaban J connectivity index is 1.60. The Bertz CT molecular complexity index is 1090. The van der Waals surface area contributed by atoms with Crippen LogP contribution < -0.4 is 10.2 Å². The predicted octanol–water partition coefficient (Wildman–Crippen LogP) is 6.75. The third kappa shape index (κ3) is 6.92. The van der Waals surface area contributed by atoms with Gasteiger partial charge in [-0.15, -0.1) is 0 Å². The molecule has 0 aliphatic carbocycles. The molecule has 3 aromatic rings. The first-order chi connectivity index (χ1) is 14.8. The molecule has 0 saturated heterocycles. The minimum absolute atomic E-state index is 0.161. The van der Waals surface area contributed by atoms with Crippen molar-refractivity contribution in [3.05, 3.63) is 96.4 Å². The van der Waals surface area contributed by atoms with Crippen molar-refractivity contribution < 1.29 is 9.53 Å². The number of hydrazone groups is 1. The first-order valence-corrected chi connectivity index (χ1v) is 11.5. The summed E-state index contributed by atoms with van der Waals surface area (Å²) in [6.45, 7) is 4.42. The first kappa shape index (κ1) is 23.5. The third-order valence-corrected chi connectivity index (χ3v) is 6.01. The number of ether oxygens (including phenoxy) is 1. The van der Waals surface area contributed by atoms with Gasteiger partial charge in [0, 0.05) is 5.02 Å². The van der Waals surface area contributed by atoms with Crippen LogP contribution in [-0.2, 0) is 17.8 Å². The van der Waals surface area contributed by atoms with Crippen molar-refractivity contribution in [1.29, 1.82) is 0 Å². The number of carbonyl (C=O) groups excluding carboxylic acids is 1. The minimum Gasteiger partial charge on any atom is -0.487 e. The fourth-order valence-corrected chi connectivity index (χ4v) is 4.49. The number of nitrogens with zero attached hydrogens (tertiary/aromatic N) is 1. The molecule has 0 aliphatic heterocycles. The second-order valence-electron chi connectivity index (χ2n) is 7.13. The molecule has 3 aromatic carbocycles. The van der Waals surface area contributed by atoms with Crippen LogP contribution in [0.15, 0.2) is 68.6 Å². The second-order valence-corrected chi connectivity index (χ2v) is 9.27. The Hall–Kier alpha value is -2.15. The molecular weight excluding hydrogens is 544 g/mol. The lowest BCUT2D eigenvalue weighted by molar-refractivity contribution is -0.120. The summed E-state index contributed by atoms with van der Waals surface area (Å²) in [4.78, 5) is 12.2. The highest BCUT2D eigenvalue weighted by molar-refractivity contribution is 9.11. The monoisotopic (exact) mass is 562 g/mol. The molecule has 0 spiro atoms. The van der Waals surface area contributed by atoms with Crippen LogP contribution in [0.4, 0.5) is 0 Å². The molecular formula is C24H21Br2ClN2O2. The molecule has 0 unspecified atom stereocenters. The number of aryl methyl sites for hydroxylation is 2. The lowest BCUT2D eigenvalue weighted by Crippen LogP contribution is -2.20. The second kappa shape index (κ2) is 10.9. The van der Waals surface area contributed by atoms with E-state index in [1.807, 2.05) is 68.4 Å². The molecule has 160 valence electrons. The zero-order chi connectivity index (χ0) is 22.4. The first-order valence-electron chi connectivity index (χ1n) is 9.56. The van der Waals surface area contributed by atoms with Gasteiger partial charge in [-0.1, -0.05) is 47.5 Å². The normalized spacial score (nSPS) is 11.0. The van der Waals surface area contributed by atoms with Crippen molar-refractivity contribution >= 4 is 55.6 Å². The topological polar surface area (TPSA) is 50.7 Å². The quantitative estimate of drug-likeness (QED) is 0.255. The molecule has 0 fully saturated rings. The summed E-state index contributed by atoms with van der Waals surface area (Å²) in [5.74, 6) is 0.525. The molecule has 1 N–H and O–H groups in total. The summed E-state index contributed by atoms with van der Waals surface area (Å²) in [5, 5.41) is 4.77. The van der Waals surface area contributed by atoms with Crippen molar-refractivity contribution in [2.75, 3.05) is 0 Å². The highest BCUT2D eigenvalue weighted by atomic mass is 79.9. The van der Waals surface area contributed by atoms with Crippen molar-refractivity contribution in [3.63, 3.8) is 0 Å². The Morgan fingerprint density at radius 3 is 2.42 bits per heavy atom. The Labute approximate surface area is 203 Å². The third-order valence-electron chi connectivity index (χ3n) is 4.58. The summed E-state index contributed by atoms with van der Waals surface area (Å²) >= 11 is 13.0. The highest BCUT2D eigenvalue weighted by Gasteiger charge is 2.10. The van der Waals surface area contributed by atoms with Crippen molar-refractivity contribution in [3.8, 4) is 5.75 Å². The smallest absolute Gasteiger partial charge is 0.244 e. The molecule has 4 nitrogen and oxygen atoms in total. The number of hydrogen-bond acceptors (Lipinski definition) is 3. The maximum absolute atomic E-state index is 12.2. The number of nitrogens with one attached hydrogen (secondary N) is 1. The number of benzene rings is 3. The van der Waals surface area contributed by atoms with Gasteiger partial charge in [0.15, 0.2) is 0 Å². The lowest BCUT2D eigenvalue weighted by atomic mass is 10.0. The van der Waals surface area contributed by atoms with Gasteiger partial charge in [-0.3, -0.25) is 4.79 Å². The van der Waals surface area contributed by atoms with Gasteiger partial charge < -0.3 is 4.74 Å². The van der Waals surface area contributed by atoms with E-state index >= 15 is 0 Å². The van der Waals surface area contributed by atoms with Gasteiger partial charge in [-0.05, 0) is 92.2 Å². The van der Waals surface area contributed by atoms with E-state index in [9.17, 15) is 4.79 Å². The summed E-state index contributed by atoms with van der Waals surface area (Å²) < 4.78 is 7.48. The van der Waals surface area contributed by atoms with E-state index in [2.05, 4.69) is 42.4 Å². The number of amides is 1. The zero-order valence-corrected chi connectivity index (χ0v) is 21.0. The number of hydrogen-bond donors (Lipinski definition) is 1. The number of carbonyl (C=O) groups is 1. The fourth-order valence-electron chi connectivity index (χ4n) is 2.91. The zero-order valence-electron chi connectivity index (χ0n) is 17.1. The maximum Gasteiger partial charge on any atom is 0.244 e. The van der Waals surface area contributed by atoms with Gasteiger partial charge >= 0.3 is 0 Å². The summed E-state index contributed by atoms with van der Waals surface area (Å²) in [6.07, 6.45) is 1.88. The van der Waals surface area contributed by atoms with Crippen LogP contribution in [-0.4, -0.2) is 12.1 Å². The van der Waals surface area contributed by atoms with Crippen LogP contribution >= 0.6 is 43.5 Å². The Kier molecular flexibility index (Phi) is 8.29. The molecule has 0 saturated carbocycles. The van der Waals surface area contributed by atoms with Crippen LogP contribution in [0.25, 0.3) is 0 Å². The van der Waals surface area contributed by atoms with Crippen molar-refractivity contribution in [2.45, 2.75) is 26.9 Å². The van der Waals surface area contributed by atoms with Crippen LogP contribution in [0.5, 0.6) is 5.75 Å². The molecule has 0 heterocycles. The van der Waals surface area contributed by atoms with Gasteiger partial charge in [-0.2, -0.15) is 5.10 Å². The summed E-state index contributed by atoms with van der Waals surface area (Å²) in [6, 6.07) is 17.3. The number of rotatable bonds is 7. The van der Waals surface area contributed by atoms with E-state index in [0.717, 1.165) is 36.8 Å². The molecule has 0 bridgehead atoms. The molecule has 7 heteroatoms. The molecule has 0 atom stereocenters. The predicted molar refractivity (Wildman–Crippen MR) is 133 cm³/mol. The highest BCUT2D eigenvalue weighted by Crippen LogP contribution is 2.35. The van der Waals surface area contributed by atoms with Gasteiger partial charge in [0.25, 0.3) is 0 Å². The van der Waals surface area contributed by atoms with Crippen molar-refractivity contribution in [1.82, 2.24) is 5.43 Å². The van der Waals surface area contributed by atoms with Crippen LogP contribution in [0.2, 0.25) is 5.02 Å². The van der Waals surface area contributed by atoms with E-state index in [4.69, 9.17) is 16.3 Å². The van der Waals surface area contributed by atoms with Gasteiger partial charge in [0.2, 0.25) is 5.91 Å². The summed E-state index contributed by atoms with van der Waals surface area (Å²) in [5.41, 5.74) is 7.63. The maximum atomic E-state index is 12.2. The van der Waals surface area contributed by atoms with E-state index in [0.29, 0.717) is 17.4 Å². The van der Waals surface area contributed by atoms with Crippen LogP contribution in [0.3, 0.4) is 0 Å². The largest absolute Gasteiger partial charge is 0.487 e. The SMILES string of the molecule is Cc1ccc(C)c(CC(=O)N/N=C/c2cc(Br)c(OCc3ccc(Cl)cc3)c(Br)c2)c1. The van der Waals surface area contributed by atoms with E-state index in [-0.39, 0.29) is 12.3 Å². The molecule has 0 radical (unpaired) electrons.